The zero-order valence-corrected chi connectivity index (χ0v) is 15.2. The molecule has 5 rings (SSSR count). The van der Waals surface area contributed by atoms with E-state index in [1.807, 2.05) is 0 Å². The lowest BCUT2D eigenvalue weighted by molar-refractivity contribution is -0.105. The van der Waals surface area contributed by atoms with E-state index in [2.05, 4.69) is 31.6 Å². The summed E-state index contributed by atoms with van der Waals surface area (Å²) in [6, 6.07) is 0. The van der Waals surface area contributed by atoms with E-state index < -0.39 is 0 Å². The molecule has 2 N–H and O–H groups in total. The third-order valence-electron chi connectivity index (χ3n) is 5.25. The monoisotopic (exact) mass is 376 g/mol. The van der Waals surface area contributed by atoms with Crippen LogP contribution in [0.15, 0.2) is 30.9 Å². The van der Waals surface area contributed by atoms with Gasteiger partial charge in [-0.25, -0.2) is 9.37 Å². The molecule has 0 unspecified atom stereocenters. The summed E-state index contributed by atoms with van der Waals surface area (Å²) in [7, 11) is 0. The molecule has 4 aromatic rings. The van der Waals surface area contributed by atoms with Gasteiger partial charge in [-0.2, -0.15) is 5.10 Å². The average molecular weight is 376 g/mol. The first-order valence-electron chi connectivity index (χ1n) is 9.07. The highest BCUT2D eigenvalue weighted by atomic mass is 19.1. The molecule has 140 valence electrons. The number of aromatic amines is 1. The Morgan fingerprint density at radius 2 is 2.18 bits per heavy atom. The van der Waals surface area contributed by atoms with Crippen LogP contribution in [0.25, 0.3) is 33.4 Å². The van der Waals surface area contributed by atoms with Gasteiger partial charge < -0.3 is 9.72 Å². The van der Waals surface area contributed by atoms with Crippen LogP contribution in [0.3, 0.4) is 0 Å². The number of carbonyl (C=O) groups excluding carboxylic acids is 1. The van der Waals surface area contributed by atoms with Gasteiger partial charge in [0.25, 0.3) is 0 Å². The van der Waals surface area contributed by atoms with E-state index in [9.17, 15) is 4.79 Å². The van der Waals surface area contributed by atoms with Gasteiger partial charge in [0, 0.05) is 22.7 Å². The van der Waals surface area contributed by atoms with Crippen molar-refractivity contribution in [1.82, 2.24) is 24.6 Å². The molecule has 3 heterocycles. The Labute approximate surface area is 159 Å². The van der Waals surface area contributed by atoms with E-state index in [1.165, 1.54) is 0 Å². The molecule has 0 spiro atoms. The fourth-order valence-corrected chi connectivity index (χ4v) is 3.96. The van der Waals surface area contributed by atoms with Crippen LogP contribution < -0.4 is 5.32 Å². The predicted octanol–water partition coefficient (Wildman–Crippen LogP) is 3.86. The zero-order chi connectivity index (χ0) is 19.3. The molecular weight excluding hydrogens is 359 g/mol. The molecule has 0 radical (unpaired) electrons. The minimum absolute atomic E-state index is 0.240. The minimum atomic E-state index is -0.240. The van der Waals surface area contributed by atoms with Gasteiger partial charge in [0.2, 0.25) is 6.41 Å². The molecule has 0 atom stereocenters. The number of amides is 1. The molecule has 0 aliphatic heterocycles. The maximum absolute atomic E-state index is 15.4. The van der Waals surface area contributed by atoms with Gasteiger partial charge in [0.05, 0.1) is 29.8 Å². The maximum Gasteiger partial charge on any atom is 0.212 e. The average Bonchev–Trinajstić information content (AvgIpc) is 3.43. The van der Waals surface area contributed by atoms with E-state index >= 15 is 4.39 Å². The van der Waals surface area contributed by atoms with Crippen LogP contribution in [-0.2, 0) is 4.79 Å². The Morgan fingerprint density at radius 1 is 1.29 bits per heavy atom. The van der Waals surface area contributed by atoms with Crippen LogP contribution in [0.2, 0.25) is 0 Å². The SMILES string of the molecule is Cc1c(F)c(C2=CCCC2)c2[nH]ncc2c1-c1cn2cc(NC=O)nc2cn1. The highest BCUT2D eigenvalue weighted by Crippen LogP contribution is 2.40. The molecule has 0 saturated carbocycles. The summed E-state index contributed by atoms with van der Waals surface area (Å²) < 4.78 is 17.2. The number of halogens is 1. The topological polar surface area (TPSA) is 88.0 Å². The summed E-state index contributed by atoms with van der Waals surface area (Å²) in [6.07, 6.45) is 12.3. The fourth-order valence-electron chi connectivity index (χ4n) is 3.96. The third kappa shape index (κ3) is 2.41. The number of nitrogens with one attached hydrogen (secondary N) is 2. The van der Waals surface area contributed by atoms with Gasteiger partial charge in [-0.05, 0) is 37.3 Å². The highest BCUT2D eigenvalue weighted by molar-refractivity contribution is 6.01. The first-order valence-corrected chi connectivity index (χ1v) is 9.07. The highest BCUT2D eigenvalue weighted by Gasteiger charge is 2.23. The number of H-pyrrole nitrogens is 1. The molecule has 28 heavy (non-hydrogen) atoms. The molecular formula is C20H17FN6O. The van der Waals surface area contributed by atoms with Crippen LogP contribution in [0, 0.1) is 12.7 Å². The van der Waals surface area contributed by atoms with Gasteiger partial charge in [-0.15, -0.1) is 0 Å². The van der Waals surface area contributed by atoms with E-state index in [0.29, 0.717) is 45.8 Å². The summed E-state index contributed by atoms with van der Waals surface area (Å²) in [5.41, 5.74) is 4.78. The van der Waals surface area contributed by atoms with Crippen LogP contribution in [-0.4, -0.2) is 31.0 Å². The van der Waals surface area contributed by atoms with E-state index in [-0.39, 0.29) is 5.82 Å². The summed E-state index contributed by atoms with van der Waals surface area (Å²) >= 11 is 0. The molecule has 3 aromatic heterocycles. The lowest BCUT2D eigenvalue weighted by Gasteiger charge is -2.14. The smallest absolute Gasteiger partial charge is 0.212 e. The van der Waals surface area contributed by atoms with Crippen LogP contribution in [0.1, 0.15) is 30.4 Å². The molecule has 0 bridgehead atoms. The number of hydrogen-bond acceptors (Lipinski definition) is 4. The molecule has 0 fully saturated rings. The van der Waals surface area contributed by atoms with Crippen molar-refractivity contribution in [2.45, 2.75) is 26.2 Å². The number of imidazole rings is 1. The van der Waals surface area contributed by atoms with Gasteiger partial charge in [-0.1, -0.05) is 6.08 Å². The number of hydrogen-bond donors (Lipinski definition) is 2. The summed E-state index contributed by atoms with van der Waals surface area (Å²) in [4.78, 5) is 19.4. The van der Waals surface area contributed by atoms with Gasteiger partial charge in [-0.3, -0.25) is 14.9 Å². The molecule has 7 nitrogen and oxygen atoms in total. The maximum atomic E-state index is 15.4. The molecule has 1 amide bonds. The minimum Gasteiger partial charge on any atom is -0.312 e. The van der Waals surface area contributed by atoms with Crippen molar-refractivity contribution >= 4 is 34.4 Å². The van der Waals surface area contributed by atoms with Crippen molar-refractivity contribution in [3.8, 4) is 11.3 Å². The van der Waals surface area contributed by atoms with Gasteiger partial charge in [0.15, 0.2) is 11.5 Å². The molecule has 8 heteroatoms. The Hall–Kier alpha value is -3.55. The van der Waals surface area contributed by atoms with Crippen molar-refractivity contribution in [2.75, 3.05) is 5.32 Å². The van der Waals surface area contributed by atoms with Crippen molar-refractivity contribution in [3.63, 3.8) is 0 Å². The van der Waals surface area contributed by atoms with Crippen LogP contribution in [0.4, 0.5) is 10.2 Å². The number of nitrogens with zero attached hydrogens (tertiary/aromatic N) is 4. The third-order valence-corrected chi connectivity index (χ3v) is 5.25. The molecule has 1 aromatic carbocycles. The molecule has 1 aliphatic rings. The number of fused-ring (bicyclic) bond motifs is 2. The van der Waals surface area contributed by atoms with E-state index in [0.717, 1.165) is 30.2 Å². The second kappa shape index (κ2) is 6.26. The van der Waals surface area contributed by atoms with Gasteiger partial charge >= 0.3 is 0 Å². The molecule has 1 aliphatic carbocycles. The van der Waals surface area contributed by atoms with Crippen molar-refractivity contribution in [2.24, 2.45) is 0 Å². The fraction of sp³-hybridized carbons (Fsp3) is 0.200. The Bertz CT molecular complexity index is 1270. The van der Waals surface area contributed by atoms with Crippen LogP contribution >= 0.6 is 0 Å². The quantitative estimate of drug-likeness (QED) is 0.530. The lowest BCUT2D eigenvalue weighted by Crippen LogP contribution is -2.00. The van der Waals surface area contributed by atoms with Crippen molar-refractivity contribution in [1.29, 1.82) is 0 Å². The van der Waals surface area contributed by atoms with Gasteiger partial charge in [0.1, 0.15) is 5.82 Å². The largest absolute Gasteiger partial charge is 0.312 e. The molecule has 0 saturated heterocycles. The number of anilines is 1. The summed E-state index contributed by atoms with van der Waals surface area (Å²) in [5, 5.41) is 10.5. The van der Waals surface area contributed by atoms with Crippen molar-refractivity contribution < 1.29 is 9.18 Å². The Morgan fingerprint density at radius 3 is 2.96 bits per heavy atom. The normalized spacial score (nSPS) is 14.0. The second-order valence-corrected chi connectivity index (χ2v) is 6.90. The van der Waals surface area contributed by atoms with E-state index in [4.69, 9.17) is 0 Å². The van der Waals surface area contributed by atoms with E-state index in [1.54, 1.807) is 36.1 Å². The Balaban J connectivity index is 1.74. The summed E-state index contributed by atoms with van der Waals surface area (Å²) in [5.74, 6) is 0.185. The lowest BCUT2D eigenvalue weighted by atomic mass is 9.93. The second-order valence-electron chi connectivity index (χ2n) is 6.90. The first-order chi connectivity index (χ1) is 13.7. The zero-order valence-electron chi connectivity index (χ0n) is 15.2. The Kier molecular flexibility index (Phi) is 3.71. The first kappa shape index (κ1) is 16.6. The van der Waals surface area contributed by atoms with Crippen molar-refractivity contribution in [3.05, 3.63) is 47.8 Å². The standard InChI is InChI=1S/C20H17FN6O/c1-11-17(14-8-27-9-15(23-10-28)25-16(27)7-22-14)13-6-24-26-20(13)18(19(11)21)12-4-2-3-5-12/h4,6-10H,2-3,5H2,1H3,(H,23,28)(H,24,26). The summed E-state index contributed by atoms with van der Waals surface area (Å²) in [6.45, 7) is 1.77. The number of aromatic nitrogens is 5. The number of carbonyl (C=O) groups is 1. The predicted molar refractivity (Wildman–Crippen MR) is 104 cm³/mol. The van der Waals surface area contributed by atoms with Crippen LogP contribution in [0.5, 0.6) is 0 Å². The number of allylic oxidation sites excluding steroid dienone is 2. The number of rotatable bonds is 4. The number of benzene rings is 1.